The van der Waals surface area contributed by atoms with Gasteiger partial charge < -0.3 is 10.2 Å². The topological polar surface area (TPSA) is 15.3 Å². The van der Waals surface area contributed by atoms with E-state index in [0.717, 1.165) is 30.9 Å². The van der Waals surface area contributed by atoms with E-state index < -0.39 is 0 Å². The van der Waals surface area contributed by atoms with Crippen molar-refractivity contribution in [1.29, 1.82) is 0 Å². The molecule has 2 nitrogen and oxygen atoms in total. The first kappa shape index (κ1) is 16.6. The van der Waals surface area contributed by atoms with E-state index in [1.54, 1.807) is 6.07 Å². The zero-order valence-corrected chi connectivity index (χ0v) is 14.3. The number of nitrogens with one attached hydrogen (secondary N) is 1. The van der Waals surface area contributed by atoms with E-state index in [2.05, 4.69) is 44.0 Å². The highest BCUT2D eigenvalue weighted by Crippen LogP contribution is 2.31. The molecule has 2 unspecified atom stereocenters. The highest BCUT2D eigenvalue weighted by molar-refractivity contribution is 8.00. The van der Waals surface area contributed by atoms with Gasteiger partial charge in [0, 0.05) is 41.4 Å². The second-order valence-corrected chi connectivity index (χ2v) is 8.31. The zero-order valence-electron chi connectivity index (χ0n) is 13.5. The van der Waals surface area contributed by atoms with E-state index in [0.29, 0.717) is 23.0 Å². The number of nitrogens with zero attached hydrogens (tertiary/aromatic N) is 1. The van der Waals surface area contributed by atoms with Crippen LogP contribution in [-0.4, -0.2) is 30.1 Å². The van der Waals surface area contributed by atoms with Crippen LogP contribution < -0.4 is 10.2 Å². The number of hydrogen-bond acceptors (Lipinski definition) is 3. The Balaban J connectivity index is 2.16. The second-order valence-electron chi connectivity index (χ2n) is 6.42. The van der Waals surface area contributed by atoms with Gasteiger partial charge in [-0.15, -0.1) is 0 Å². The number of benzene rings is 1. The van der Waals surface area contributed by atoms with Gasteiger partial charge in [0.2, 0.25) is 0 Å². The van der Waals surface area contributed by atoms with Gasteiger partial charge >= 0.3 is 0 Å². The summed E-state index contributed by atoms with van der Waals surface area (Å²) in [6.07, 6.45) is 0. The maximum Gasteiger partial charge on any atom is 0.129 e. The number of hydrogen-bond donors (Lipinski definition) is 1. The van der Waals surface area contributed by atoms with Crippen molar-refractivity contribution >= 4 is 17.4 Å². The fourth-order valence-corrected chi connectivity index (χ4v) is 4.20. The maximum atomic E-state index is 14.3. The van der Waals surface area contributed by atoms with Crippen molar-refractivity contribution in [1.82, 2.24) is 5.32 Å². The molecule has 1 heterocycles. The minimum absolute atomic E-state index is 0.0951. The maximum absolute atomic E-state index is 14.3. The average Bonchev–Trinajstić information content (AvgIpc) is 2.39. The Kier molecular flexibility index (Phi) is 5.94. The zero-order chi connectivity index (χ0) is 15.4. The first-order chi connectivity index (χ1) is 9.97. The van der Waals surface area contributed by atoms with Crippen LogP contribution in [0.4, 0.5) is 10.1 Å². The highest BCUT2D eigenvalue weighted by Gasteiger charge is 2.24. The summed E-state index contributed by atoms with van der Waals surface area (Å²) in [7, 11) is 0. The molecule has 0 radical (unpaired) electrons. The van der Waals surface area contributed by atoms with Crippen molar-refractivity contribution in [3.05, 3.63) is 29.6 Å². The normalized spacial score (nSPS) is 22.9. The largest absolute Gasteiger partial charge is 0.369 e. The summed E-state index contributed by atoms with van der Waals surface area (Å²) in [6, 6.07) is 5.46. The van der Waals surface area contributed by atoms with Crippen LogP contribution >= 0.6 is 11.8 Å². The van der Waals surface area contributed by atoms with Gasteiger partial charge in [0.1, 0.15) is 5.82 Å². The molecular formula is C17H27FN2S. The first-order valence-corrected chi connectivity index (χ1v) is 8.80. The van der Waals surface area contributed by atoms with Crippen molar-refractivity contribution < 1.29 is 4.39 Å². The van der Waals surface area contributed by atoms with Gasteiger partial charge in [-0.05, 0) is 24.6 Å². The van der Waals surface area contributed by atoms with Crippen LogP contribution in [0, 0.1) is 11.7 Å². The van der Waals surface area contributed by atoms with Crippen LogP contribution in [0.15, 0.2) is 18.2 Å². The summed E-state index contributed by atoms with van der Waals surface area (Å²) in [5.41, 5.74) is 1.87. The fraction of sp³-hybridized carbons (Fsp3) is 0.647. The number of halogens is 1. The van der Waals surface area contributed by atoms with Crippen molar-refractivity contribution in [3.63, 3.8) is 0 Å². The fourth-order valence-electron chi connectivity index (χ4n) is 2.88. The number of anilines is 1. The molecule has 1 aromatic rings. The lowest BCUT2D eigenvalue weighted by Gasteiger charge is -2.37. The molecule has 0 aromatic heterocycles. The van der Waals surface area contributed by atoms with Gasteiger partial charge in [-0.25, -0.2) is 4.39 Å². The summed E-state index contributed by atoms with van der Waals surface area (Å²) in [4.78, 5) is 2.35. The molecule has 4 heteroatoms. The standard InChI is InChI=1S/C17H27FN2S/c1-12(2)8-19-9-15-16(18)6-5-7-17(15)20-10-13(3)21-14(4)11-20/h5-7,12-14,19H,8-11H2,1-4H3. The van der Waals surface area contributed by atoms with Crippen LogP contribution in [0.5, 0.6) is 0 Å². The molecule has 21 heavy (non-hydrogen) atoms. The van der Waals surface area contributed by atoms with Crippen molar-refractivity contribution in [3.8, 4) is 0 Å². The third-order valence-electron chi connectivity index (χ3n) is 3.71. The van der Waals surface area contributed by atoms with Gasteiger partial charge in [-0.2, -0.15) is 11.8 Å². The molecule has 1 aliphatic rings. The molecule has 118 valence electrons. The first-order valence-electron chi connectivity index (χ1n) is 7.86. The van der Waals surface area contributed by atoms with Crippen LogP contribution in [0.2, 0.25) is 0 Å². The van der Waals surface area contributed by atoms with Crippen LogP contribution in [0.1, 0.15) is 33.3 Å². The van der Waals surface area contributed by atoms with E-state index in [4.69, 9.17) is 0 Å². The smallest absolute Gasteiger partial charge is 0.129 e. The Morgan fingerprint density at radius 1 is 1.29 bits per heavy atom. The molecule has 1 fully saturated rings. The Bertz CT molecular complexity index is 454. The van der Waals surface area contributed by atoms with Crippen molar-refractivity contribution in [2.24, 2.45) is 5.92 Å². The van der Waals surface area contributed by atoms with Gasteiger partial charge in [0.15, 0.2) is 0 Å². The Morgan fingerprint density at radius 3 is 2.57 bits per heavy atom. The van der Waals surface area contributed by atoms with Gasteiger partial charge in [0.25, 0.3) is 0 Å². The predicted octanol–water partition coefficient (Wildman–Crippen LogP) is 3.90. The minimum atomic E-state index is -0.0951. The van der Waals surface area contributed by atoms with Crippen LogP contribution in [0.25, 0.3) is 0 Å². The van der Waals surface area contributed by atoms with E-state index in [1.165, 1.54) is 0 Å². The molecule has 2 atom stereocenters. The van der Waals surface area contributed by atoms with E-state index in [-0.39, 0.29) is 5.82 Å². The summed E-state index contributed by atoms with van der Waals surface area (Å²) >= 11 is 2.02. The van der Waals surface area contributed by atoms with E-state index >= 15 is 0 Å². The molecule has 1 aromatic carbocycles. The van der Waals surface area contributed by atoms with Gasteiger partial charge in [-0.1, -0.05) is 33.8 Å². The molecule has 0 aliphatic carbocycles. The van der Waals surface area contributed by atoms with Crippen LogP contribution in [0.3, 0.4) is 0 Å². The number of rotatable bonds is 5. The second kappa shape index (κ2) is 7.50. The molecule has 2 rings (SSSR count). The molecule has 1 saturated heterocycles. The monoisotopic (exact) mass is 310 g/mol. The van der Waals surface area contributed by atoms with E-state index in [9.17, 15) is 4.39 Å². The Labute approximate surface area is 132 Å². The lowest BCUT2D eigenvalue weighted by Crippen LogP contribution is -2.41. The molecule has 0 saturated carbocycles. The highest BCUT2D eigenvalue weighted by atomic mass is 32.2. The van der Waals surface area contributed by atoms with Gasteiger partial charge in [0.05, 0.1) is 0 Å². The van der Waals surface area contributed by atoms with Crippen molar-refractivity contribution in [2.45, 2.75) is 44.7 Å². The summed E-state index contributed by atoms with van der Waals surface area (Å²) in [5.74, 6) is 0.481. The van der Waals surface area contributed by atoms with Gasteiger partial charge in [-0.3, -0.25) is 0 Å². The molecule has 0 bridgehead atoms. The SMILES string of the molecule is CC(C)CNCc1c(F)cccc1N1CC(C)SC(C)C1. The molecule has 0 spiro atoms. The Hall–Kier alpha value is -0.740. The Morgan fingerprint density at radius 2 is 1.95 bits per heavy atom. The average molecular weight is 310 g/mol. The third-order valence-corrected chi connectivity index (χ3v) is 4.94. The number of thioether (sulfide) groups is 1. The van der Waals surface area contributed by atoms with Crippen LogP contribution in [-0.2, 0) is 6.54 Å². The van der Waals surface area contributed by atoms with Crippen molar-refractivity contribution in [2.75, 3.05) is 24.5 Å². The molecular weight excluding hydrogens is 283 g/mol. The summed E-state index contributed by atoms with van der Waals surface area (Å²) in [6.45, 7) is 12.3. The summed E-state index contributed by atoms with van der Waals surface area (Å²) < 4.78 is 14.3. The molecule has 1 N–H and O–H groups in total. The molecule has 1 aliphatic heterocycles. The minimum Gasteiger partial charge on any atom is -0.369 e. The summed E-state index contributed by atoms with van der Waals surface area (Å²) in [5, 5.41) is 4.55. The predicted molar refractivity (Wildman–Crippen MR) is 91.7 cm³/mol. The molecule has 0 amide bonds. The lowest BCUT2D eigenvalue weighted by atomic mass is 10.1. The third kappa shape index (κ3) is 4.62. The quantitative estimate of drug-likeness (QED) is 0.888. The van der Waals surface area contributed by atoms with E-state index in [1.807, 2.05) is 17.8 Å². The lowest BCUT2D eigenvalue weighted by molar-refractivity contribution is 0.533.